The average Bonchev–Trinajstić information content (AvgIpc) is 2.27. The minimum absolute atomic E-state index is 0.497. The molecule has 0 radical (unpaired) electrons. The van der Waals surface area contributed by atoms with Crippen LogP contribution in [0, 0.1) is 11.3 Å². The maximum absolute atomic E-state index is 8.46. The summed E-state index contributed by atoms with van der Waals surface area (Å²) in [5.74, 6) is 0.685. The maximum Gasteiger partial charge on any atom is 0.225 e. The van der Waals surface area contributed by atoms with Crippen LogP contribution in [-0.4, -0.2) is 23.6 Å². The molecule has 1 aromatic rings. The average molecular weight is 204 g/mol. The molecule has 0 spiro atoms. The van der Waals surface area contributed by atoms with Crippen LogP contribution in [0.5, 0.6) is 0 Å². The normalized spacial score (nSPS) is 9.67. The van der Waals surface area contributed by atoms with Gasteiger partial charge in [0.05, 0.1) is 12.5 Å². The monoisotopic (exact) mass is 204 g/mol. The van der Waals surface area contributed by atoms with Crippen LogP contribution in [0.2, 0.25) is 0 Å². The molecule has 4 nitrogen and oxygen atoms in total. The number of rotatable bonds is 5. The van der Waals surface area contributed by atoms with E-state index in [0.29, 0.717) is 18.9 Å². The Kier molecular flexibility index (Phi) is 4.55. The third kappa shape index (κ3) is 3.55. The van der Waals surface area contributed by atoms with Crippen molar-refractivity contribution in [1.29, 1.82) is 5.26 Å². The van der Waals surface area contributed by atoms with Gasteiger partial charge in [0.25, 0.3) is 0 Å². The predicted molar refractivity (Wildman–Crippen MR) is 59.5 cm³/mol. The van der Waals surface area contributed by atoms with Crippen molar-refractivity contribution in [2.45, 2.75) is 26.2 Å². The molecule has 0 aliphatic rings. The second-order valence-corrected chi connectivity index (χ2v) is 3.47. The van der Waals surface area contributed by atoms with Gasteiger partial charge in [0.1, 0.15) is 0 Å². The Balaban J connectivity index is 2.59. The van der Waals surface area contributed by atoms with Crippen molar-refractivity contribution in [2.24, 2.45) is 0 Å². The van der Waals surface area contributed by atoms with E-state index < -0.39 is 0 Å². The molecule has 0 saturated heterocycles. The van der Waals surface area contributed by atoms with Gasteiger partial charge >= 0.3 is 0 Å². The zero-order chi connectivity index (χ0) is 11.1. The van der Waals surface area contributed by atoms with E-state index in [1.54, 1.807) is 0 Å². The first-order chi connectivity index (χ1) is 7.27. The lowest BCUT2D eigenvalue weighted by Gasteiger charge is -2.14. The summed E-state index contributed by atoms with van der Waals surface area (Å²) in [6.07, 6.45) is 6.33. The molecule has 0 saturated carbocycles. The van der Waals surface area contributed by atoms with Gasteiger partial charge in [-0.3, -0.25) is 0 Å². The van der Waals surface area contributed by atoms with Crippen LogP contribution >= 0.6 is 0 Å². The van der Waals surface area contributed by atoms with Gasteiger partial charge in [-0.1, -0.05) is 13.3 Å². The highest BCUT2D eigenvalue weighted by Gasteiger charge is 2.02. The van der Waals surface area contributed by atoms with Gasteiger partial charge in [0.2, 0.25) is 5.95 Å². The zero-order valence-electron chi connectivity index (χ0n) is 9.27. The van der Waals surface area contributed by atoms with E-state index in [0.717, 1.165) is 18.4 Å². The van der Waals surface area contributed by atoms with Crippen molar-refractivity contribution >= 4 is 5.95 Å². The molecule has 0 aliphatic carbocycles. The SMILES string of the molecule is CCCc1cnc(N(C)CCC#N)nc1. The van der Waals surface area contributed by atoms with Gasteiger partial charge < -0.3 is 4.90 Å². The largest absolute Gasteiger partial charge is 0.343 e. The summed E-state index contributed by atoms with van der Waals surface area (Å²) in [6, 6.07) is 2.10. The number of nitriles is 1. The van der Waals surface area contributed by atoms with E-state index in [1.807, 2.05) is 24.3 Å². The molecule has 15 heavy (non-hydrogen) atoms. The minimum atomic E-state index is 0.497. The Morgan fingerprint density at radius 3 is 2.60 bits per heavy atom. The summed E-state index contributed by atoms with van der Waals surface area (Å²) in [6.45, 7) is 2.80. The van der Waals surface area contributed by atoms with E-state index in [2.05, 4.69) is 23.0 Å². The third-order valence-corrected chi connectivity index (χ3v) is 2.13. The summed E-state index contributed by atoms with van der Waals surface area (Å²) in [4.78, 5) is 10.4. The van der Waals surface area contributed by atoms with Crippen molar-refractivity contribution in [1.82, 2.24) is 9.97 Å². The molecule has 0 N–H and O–H groups in total. The molecule has 0 amide bonds. The molecule has 1 rings (SSSR count). The first kappa shape index (κ1) is 11.4. The van der Waals surface area contributed by atoms with Crippen LogP contribution in [0.3, 0.4) is 0 Å². The molecule has 0 unspecified atom stereocenters. The summed E-state index contributed by atoms with van der Waals surface area (Å²) < 4.78 is 0. The third-order valence-electron chi connectivity index (χ3n) is 2.13. The molecular weight excluding hydrogens is 188 g/mol. The van der Waals surface area contributed by atoms with Crippen molar-refractivity contribution in [3.05, 3.63) is 18.0 Å². The first-order valence-electron chi connectivity index (χ1n) is 5.17. The lowest BCUT2D eigenvalue weighted by atomic mass is 10.2. The van der Waals surface area contributed by atoms with Gasteiger partial charge in [0.15, 0.2) is 0 Å². The highest BCUT2D eigenvalue weighted by atomic mass is 15.2. The number of hydrogen-bond acceptors (Lipinski definition) is 4. The Bertz CT molecular complexity index is 325. The van der Waals surface area contributed by atoms with E-state index in [-0.39, 0.29) is 0 Å². The van der Waals surface area contributed by atoms with Gasteiger partial charge in [0, 0.05) is 26.0 Å². The number of hydrogen-bond donors (Lipinski definition) is 0. The highest BCUT2D eigenvalue weighted by Crippen LogP contribution is 2.06. The molecule has 4 heteroatoms. The Labute approximate surface area is 90.6 Å². The number of anilines is 1. The molecule has 1 heterocycles. The molecule has 0 aliphatic heterocycles. The van der Waals surface area contributed by atoms with Crippen LogP contribution < -0.4 is 4.90 Å². The van der Waals surface area contributed by atoms with E-state index in [4.69, 9.17) is 5.26 Å². The number of aromatic nitrogens is 2. The predicted octanol–water partition coefficient (Wildman–Crippen LogP) is 1.78. The summed E-state index contributed by atoms with van der Waals surface area (Å²) in [5.41, 5.74) is 1.16. The van der Waals surface area contributed by atoms with Crippen LogP contribution in [-0.2, 0) is 6.42 Å². The van der Waals surface area contributed by atoms with Crippen molar-refractivity contribution in [3.8, 4) is 6.07 Å². The van der Waals surface area contributed by atoms with Crippen LogP contribution in [0.4, 0.5) is 5.95 Å². The second-order valence-electron chi connectivity index (χ2n) is 3.47. The minimum Gasteiger partial charge on any atom is -0.343 e. The second kappa shape index (κ2) is 5.97. The van der Waals surface area contributed by atoms with E-state index in [1.165, 1.54) is 0 Å². The van der Waals surface area contributed by atoms with Crippen LogP contribution in [0.25, 0.3) is 0 Å². The summed E-state index contributed by atoms with van der Waals surface area (Å²) in [5, 5.41) is 8.46. The Morgan fingerprint density at radius 1 is 1.40 bits per heavy atom. The van der Waals surface area contributed by atoms with Crippen molar-refractivity contribution in [3.63, 3.8) is 0 Å². The van der Waals surface area contributed by atoms with Crippen LogP contribution in [0.15, 0.2) is 12.4 Å². The van der Waals surface area contributed by atoms with Gasteiger partial charge in [-0.25, -0.2) is 9.97 Å². The molecule has 80 valence electrons. The summed E-state index contributed by atoms with van der Waals surface area (Å²) >= 11 is 0. The molecule has 0 fully saturated rings. The molecule has 0 aromatic carbocycles. The van der Waals surface area contributed by atoms with E-state index in [9.17, 15) is 0 Å². The quantitative estimate of drug-likeness (QED) is 0.733. The fourth-order valence-electron chi connectivity index (χ4n) is 1.28. The lowest BCUT2D eigenvalue weighted by molar-refractivity contribution is 0.842. The number of aryl methyl sites for hydroxylation is 1. The fraction of sp³-hybridized carbons (Fsp3) is 0.545. The maximum atomic E-state index is 8.46. The zero-order valence-corrected chi connectivity index (χ0v) is 9.27. The fourth-order valence-corrected chi connectivity index (χ4v) is 1.28. The van der Waals surface area contributed by atoms with Gasteiger partial charge in [-0.15, -0.1) is 0 Å². The van der Waals surface area contributed by atoms with Crippen LogP contribution in [0.1, 0.15) is 25.3 Å². The van der Waals surface area contributed by atoms with Crippen molar-refractivity contribution in [2.75, 3.05) is 18.5 Å². The highest BCUT2D eigenvalue weighted by molar-refractivity contribution is 5.28. The Hall–Kier alpha value is -1.63. The molecule has 0 atom stereocenters. The smallest absolute Gasteiger partial charge is 0.225 e. The van der Waals surface area contributed by atoms with Gasteiger partial charge in [-0.2, -0.15) is 5.26 Å². The lowest BCUT2D eigenvalue weighted by Crippen LogP contribution is -2.20. The standard InChI is InChI=1S/C11H16N4/c1-3-5-10-8-13-11(14-9-10)15(2)7-4-6-12/h8-9H,3-5,7H2,1-2H3. The molecule has 1 aromatic heterocycles. The molecule has 0 bridgehead atoms. The molecular formula is C11H16N4. The number of nitrogens with zero attached hydrogens (tertiary/aromatic N) is 4. The van der Waals surface area contributed by atoms with E-state index >= 15 is 0 Å². The first-order valence-corrected chi connectivity index (χ1v) is 5.17. The van der Waals surface area contributed by atoms with Crippen molar-refractivity contribution < 1.29 is 0 Å². The summed E-state index contributed by atoms with van der Waals surface area (Å²) in [7, 11) is 1.90. The van der Waals surface area contributed by atoms with Gasteiger partial charge in [-0.05, 0) is 12.0 Å². The topological polar surface area (TPSA) is 52.8 Å². The Morgan fingerprint density at radius 2 is 2.07 bits per heavy atom.